The van der Waals surface area contributed by atoms with E-state index in [2.05, 4.69) is 4.98 Å². The van der Waals surface area contributed by atoms with Gasteiger partial charge in [0.15, 0.2) is 0 Å². The van der Waals surface area contributed by atoms with Crippen molar-refractivity contribution in [3.05, 3.63) is 23.9 Å². The highest BCUT2D eigenvalue weighted by Crippen LogP contribution is 2.19. The Morgan fingerprint density at radius 2 is 2.45 bits per heavy atom. The first-order chi connectivity index (χ1) is 5.25. The second kappa shape index (κ2) is 3.34. The molecule has 0 saturated heterocycles. The number of hydrogen-bond donors (Lipinski definition) is 2. The predicted octanol–water partition coefficient (Wildman–Crippen LogP) is 1.11. The molecule has 60 valence electrons. The SMILES string of the molecule is CC[C@H](O)c1cccnc1N. The minimum atomic E-state index is -0.483. The minimum absolute atomic E-state index is 0.418. The molecular weight excluding hydrogens is 140 g/mol. The molecule has 0 saturated carbocycles. The van der Waals surface area contributed by atoms with E-state index >= 15 is 0 Å². The Morgan fingerprint density at radius 1 is 1.73 bits per heavy atom. The summed E-state index contributed by atoms with van der Waals surface area (Å²) in [6.45, 7) is 1.90. The van der Waals surface area contributed by atoms with Crippen LogP contribution in [0.5, 0.6) is 0 Å². The molecule has 0 amide bonds. The Kier molecular flexibility index (Phi) is 2.44. The van der Waals surface area contributed by atoms with Crippen LogP contribution < -0.4 is 5.73 Å². The normalized spacial score (nSPS) is 12.9. The molecule has 3 nitrogen and oxygen atoms in total. The van der Waals surface area contributed by atoms with Gasteiger partial charge < -0.3 is 10.8 Å². The standard InChI is InChI=1S/C8H12N2O/c1-2-7(11)6-4-3-5-10-8(6)9/h3-5,7,11H,2H2,1H3,(H2,9,10)/t7-/m0/s1. The van der Waals surface area contributed by atoms with E-state index in [1.54, 1.807) is 18.3 Å². The van der Waals surface area contributed by atoms with Crippen molar-refractivity contribution >= 4 is 5.82 Å². The van der Waals surface area contributed by atoms with Gasteiger partial charge in [-0.1, -0.05) is 13.0 Å². The second-order valence-corrected chi connectivity index (χ2v) is 2.40. The molecule has 0 aromatic carbocycles. The molecule has 0 spiro atoms. The zero-order valence-electron chi connectivity index (χ0n) is 6.49. The maximum absolute atomic E-state index is 9.39. The number of rotatable bonds is 2. The van der Waals surface area contributed by atoms with Gasteiger partial charge >= 0.3 is 0 Å². The lowest BCUT2D eigenvalue weighted by molar-refractivity contribution is 0.174. The third kappa shape index (κ3) is 1.68. The van der Waals surface area contributed by atoms with Crippen LogP contribution in [0.4, 0.5) is 5.82 Å². The zero-order valence-corrected chi connectivity index (χ0v) is 6.49. The van der Waals surface area contributed by atoms with Crippen molar-refractivity contribution in [3.63, 3.8) is 0 Å². The van der Waals surface area contributed by atoms with Crippen molar-refractivity contribution in [1.29, 1.82) is 0 Å². The molecule has 1 heterocycles. The number of aliphatic hydroxyl groups is 1. The van der Waals surface area contributed by atoms with Crippen molar-refractivity contribution in [2.75, 3.05) is 5.73 Å². The van der Waals surface area contributed by atoms with Crippen LogP contribution in [0.15, 0.2) is 18.3 Å². The molecule has 3 N–H and O–H groups in total. The Morgan fingerprint density at radius 3 is 3.00 bits per heavy atom. The third-order valence-electron chi connectivity index (χ3n) is 1.62. The van der Waals surface area contributed by atoms with E-state index in [0.29, 0.717) is 12.2 Å². The van der Waals surface area contributed by atoms with Gasteiger partial charge in [-0.3, -0.25) is 0 Å². The summed E-state index contributed by atoms with van der Waals surface area (Å²) in [5, 5.41) is 9.39. The molecule has 3 heteroatoms. The zero-order chi connectivity index (χ0) is 8.27. The van der Waals surface area contributed by atoms with Gasteiger partial charge in [-0.15, -0.1) is 0 Å². The van der Waals surface area contributed by atoms with Crippen LogP contribution in [-0.2, 0) is 0 Å². The Labute approximate surface area is 65.9 Å². The van der Waals surface area contributed by atoms with Crippen molar-refractivity contribution in [2.45, 2.75) is 19.4 Å². The van der Waals surface area contributed by atoms with Gasteiger partial charge in [0.05, 0.1) is 6.10 Å². The van der Waals surface area contributed by atoms with E-state index < -0.39 is 6.10 Å². The first-order valence-electron chi connectivity index (χ1n) is 3.64. The van der Waals surface area contributed by atoms with Gasteiger partial charge in [0, 0.05) is 11.8 Å². The summed E-state index contributed by atoms with van der Waals surface area (Å²) in [5.74, 6) is 0.418. The molecule has 1 aromatic heterocycles. The van der Waals surface area contributed by atoms with Crippen LogP contribution in [0, 0.1) is 0 Å². The summed E-state index contributed by atoms with van der Waals surface area (Å²) in [4.78, 5) is 3.87. The topological polar surface area (TPSA) is 59.1 Å². The van der Waals surface area contributed by atoms with E-state index in [0.717, 1.165) is 5.56 Å². The number of aliphatic hydroxyl groups excluding tert-OH is 1. The molecule has 0 radical (unpaired) electrons. The van der Waals surface area contributed by atoms with Crippen LogP contribution in [0.2, 0.25) is 0 Å². The fraction of sp³-hybridized carbons (Fsp3) is 0.375. The lowest BCUT2D eigenvalue weighted by Gasteiger charge is -2.08. The molecule has 1 aromatic rings. The number of nitrogens with zero attached hydrogens (tertiary/aromatic N) is 1. The number of nitrogens with two attached hydrogens (primary N) is 1. The van der Waals surface area contributed by atoms with Crippen LogP contribution >= 0.6 is 0 Å². The molecule has 0 aliphatic carbocycles. The highest BCUT2D eigenvalue weighted by atomic mass is 16.3. The number of nitrogen functional groups attached to an aromatic ring is 1. The second-order valence-electron chi connectivity index (χ2n) is 2.40. The molecule has 11 heavy (non-hydrogen) atoms. The Balaban J connectivity index is 2.93. The van der Waals surface area contributed by atoms with Crippen molar-refractivity contribution in [2.24, 2.45) is 0 Å². The fourth-order valence-corrected chi connectivity index (χ4v) is 0.932. The monoisotopic (exact) mass is 152 g/mol. The highest BCUT2D eigenvalue weighted by Gasteiger charge is 2.07. The molecule has 1 atom stereocenters. The number of anilines is 1. The van der Waals surface area contributed by atoms with Crippen LogP contribution in [0.3, 0.4) is 0 Å². The molecule has 0 unspecified atom stereocenters. The largest absolute Gasteiger partial charge is 0.388 e. The summed E-state index contributed by atoms with van der Waals surface area (Å²) in [6.07, 6.45) is 1.79. The van der Waals surface area contributed by atoms with Gasteiger partial charge in [0.1, 0.15) is 5.82 Å². The molecule has 0 aliphatic heterocycles. The van der Waals surface area contributed by atoms with Gasteiger partial charge in [-0.05, 0) is 12.5 Å². The van der Waals surface area contributed by atoms with E-state index in [9.17, 15) is 5.11 Å². The number of hydrogen-bond acceptors (Lipinski definition) is 3. The van der Waals surface area contributed by atoms with Gasteiger partial charge in [-0.2, -0.15) is 0 Å². The number of pyridine rings is 1. The maximum atomic E-state index is 9.39. The van der Waals surface area contributed by atoms with Crippen molar-refractivity contribution in [1.82, 2.24) is 4.98 Å². The van der Waals surface area contributed by atoms with E-state index in [1.165, 1.54) is 0 Å². The molecule has 1 rings (SSSR count). The molecule has 0 bridgehead atoms. The average molecular weight is 152 g/mol. The summed E-state index contributed by atoms with van der Waals surface area (Å²) in [6, 6.07) is 3.56. The van der Waals surface area contributed by atoms with Gasteiger partial charge in [0.2, 0.25) is 0 Å². The third-order valence-corrected chi connectivity index (χ3v) is 1.62. The first-order valence-corrected chi connectivity index (χ1v) is 3.64. The lowest BCUT2D eigenvalue weighted by Crippen LogP contribution is -2.02. The van der Waals surface area contributed by atoms with E-state index in [-0.39, 0.29) is 0 Å². The summed E-state index contributed by atoms with van der Waals surface area (Å²) in [7, 11) is 0. The van der Waals surface area contributed by atoms with Crippen LogP contribution in [0.1, 0.15) is 25.0 Å². The minimum Gasteiger partial charge on any atom is -0.388 e. The Bertz CT molecular complexity index is 237. The smallest absolute Gasteiger partial charge is 0.129 e. The summed E-state index contributed by atoms with van der Waals surface area (Å²) >= 11 is 0. The van der Waals surface area contributed by atoms with Gasteiger partial charge in [0.25, 0.3) is 0 Å². The maximum Gasteiger partial charge on any atom is 0.129 e. The van der Waals surface area contributed by atoms with E-state index in [1.807, 2.05) is 6.92 Å². The van der Waals surface area contributed by atoms with Crippen molar-refractivity contribution < 1.29 is 5.11 Å². The van der Waals surface area contributed by atoms with Crippen LogP contribution in [-0.4, -0.2) is 10.1 Å². The van der Waals surface area contributed by atoms with Crippen molar-refractivity contribution in [3.8, 4) is 0 Å². The molecular formula is C8H12N2O. The Hall–Kier alpha value is -1.09. The lowest BCUT2D eigenvalue weighted by atomic mass is 10.1. The fourth-order valence-electron chi connectivity index (χ4n) is 0.932. The predicted molar refractivity (Wildman–Crippen MR) is 43.9 cm³/mol. The molecule has 0 aliphatic rings. The van der Waals surface area contributed by atoms with Gasteiger partial charge in [-0.25, -0.2) is 4.98 Å². The van der Waals surface area contributed by atoms with Crippen LogP contribution in [0.25, 0.3) is 0 Å². The first kappa shape index (κ1) is 8.01. The molecule has 0 fully saturated rings. The average Bonchev–Trinajstić information content (AvgIpc) is 2.04. The summed E-state index contributed by atoms with van der Waals surface area (Å²) in [5.41, 5.74) is 6.24. The quantitative estimate of drug-likeness (QED) is 0.667. The summed E-state index contributed by atoms with van der Waals surface area (Å²) < 4.78 is 0. The van der Waals surface area contributed by atoms with E-state index in [4.69, 9.17) is 5.73 Å². The number of aromatic nitrogens is 1. The highest BCUT2D eigenvalue weighted by molar-refractivity contribution is 5.39.